The van der Waals surface area contributed by atoms with Crippen molar-refractivity contribution in [3.8, 4) is 0 Å². The fourth-order valence-electron chi connectivity index (χ4n) is 0.568. The number of carbonyl (C=O) groups is 1. The van der Waals surface area contributed by atoms with Crippen molar-refractivity contribution in [3.05, 3.63) is 0 Å². The van der Waals surface area contributed by atoms with Crippen molar-refractivity contribution >= 4 is 35.5 Å². The Labute approximate surface area is 84.6 Å². The van der Waals surface area contributed by atoms with E-state index in [0.717, 1.165) is 12.8 Å². The van der Waals surface area contributed by atoms with Crippen LogP contribution >= 0.6 is 0 Å². The van der Waals surface area contributed by atoms with Gasteiger partial charge in [-0.25, -0.2) is 0 Å². The predicted molar refractivity (Wildman–Crippen MR) is 43.3 cm³/mol. The Morgan fingerprint density at radius 1 is 1.40 bits per heavy atom. The zero-order valence-corrected chi connectivity index (χ0v) is 6.14. The van der Waals surface area contributed by atoms with Gasteiger partial charge in [0.25, 0.3) is 0 Å². The van der Waals surface area contributed by atoms with Gasteiger partial charge >= 0.3 is 35.5 Å². The molecule has 56 valence electrons. The molecule has 0 aromatic rings. The monoisotopic (exact) mass is 154 g/mol. The molecule has 0 N–H and O–H groups in total. The molecule has 0 atom stereocenters. The summed E-state index contributed by atoms with van der Waals surface area (Å²) in [7, 11) is 0. The van der Waals surface area contributed by atoms with Gasteiger partial charge in [-0.05, 0) is 6.42 Å². The van der Waals surface area contributed by atoms with Crippen LogP contribution in [0.3, 0.4) is 0 Å². The molecule has 0 aromatic heterocycles. The van der Waals surface area contributed by atoms with E-state index >= 15 is 0 Å². The van der Waals surface area contributed by atoms with E-state index in [9.17, 15) is 4.79 Å². The van der Waals surface area contributed by atoms with Gasteiger partial charge in [-0.2, -0.15) is 0 Å². The number of carbonyl (C=O) groups excluding carboxylic acids is 1. The Morgan fingerprint density at radius 3 is 2.40 bits per heavy atom. The van der Waals surface area contributed by atoms with Crippen LogP contribution < -0.4 is 0 Å². The van der Waals surface area contributed by atoms with Gasteiger partial charge < -0.3 is 4.74 Å². The maximum atomic E-state index is 10.2. The van der Waals surface area contributed by atoms with Crippen LogP contribution in [-0.4, -0.2) is 42.1 Å². The van der Waals surface area contributed by atoms with Crippen molar-refractivity contribution in [2.45, 2.75) is 33.1 Å². The second-order valence-electron chi connectivity index (χ2n) is 2.05. The normalized spacial score (nSPS) is 8.20. The third-order valence-corrected chi connectivity index (χ3v) is 1.05. The average Bonchev–Trinajstić information content (AvgIpc) is 1.80. The van der Waals surface area contributed by atoms with Gasteiger partial charge in [-0.1, -0.05) is 19.8 Å². The zero-order chi connectivity index (χ0) is 7.11. The molecule has 0 saturated carbocycles. The molecule has 0 aliphatic heterocycles. The van der Waals surface area contributed by atoms with Gasteiger partial charge in [0.15, 0.2) is 0 Å². The summed E-state index contributed by atoms with van der Waals surface area (Å²) in [5.41, 5.74) is 0. The van der Waals surface area contributed by atoms with Crippen molar-refractivity contribution in [2.75, 3.05) is 6.61 Å². The molecule has 0 unspecified atom stereocenters. The first-order chi connectivity index (χ1) is 4.27. The molecule has 0 radical (unpaired) electrons. The van der Waals surface area contributed by atoms with E-state index in [-0.39, 0.29) is 35.5 Å². The standard InChI is InChI=1S/C7H14O2.Na.H/c1-3-4-5-6-9-7(2)8;;/h3-6H2,1-2H3;;. The second-order valence-corrected chi connectivity index (χ2v) is 2.05. The molecule has 2 nitrogen and oxygen atoms in total. The van der Waals surface area contributed by atoms with Crippen LogP contribution in [0.25, 0.3) is 0 Å². The first-order valence-electron chi connectivity index (χ1n) is 3.40. The molecule has 0 bridgehead atoms. The summed E-state index contributed by atoms with van der Waals surface area (Å²) in [6.45, 7) is 4.14. The fraction of sp³-hybridized carbons (Fsp3) is 0.857. The topological polar surface area (TPSA) is 26.3 Å². The van der Waals surface area contributed by atoms with E-state index in [4.69, 9.17) is 4.74 Å². The van der Waals surface area contributed by atoms with Crippen molar-refractivity contribution in [1.82, 2.24) is 0 Å². The Kier molecular flexibility index (Phi) is 12.4. The number of unbranched alkanes of at least 4 members (excludes halogenated alkanes) is 2. The molecular formula is C7H15NaO2. The Hall–Kier alpha value is 0.470. The minimum absolute atomic E-state index is 0. The van der Waals surface area contributed by atoms with Gasteiger partial charge in [0.2, 0.25) is 0 Å². The SMILES string of the molecule is CCCCCOC(C)=O.[NaH]. The third-order valence-electron chi connectivity index (χ3n) is 1.05. The minimum atomic E-state index is -0.175. The first-order valence-corrected chi connectivity index (χ1v) is 3.40. The predicted octanol–water partition coefficient (Wildman–Crippen LogP) is 1.09. The van der Waals surface area contributed by atoms with Crippen molar-refractivity contribution in [1.29, 1.82) is 0 Å². The number of rotatable bonds is 4. The van der Waals surface area contributed by atoms with Crippen LogP contribution in [0.15, 0.2) is 0 Å². The van der Waals surface area contributed by atoms with E-state index < -0.39 is 0 Å². The number of hydrogen-bond acceptors (Lipinski definition) is 2. The summed E-state index contributed by atoms with van der Waals surface area (Å²) >= 11 is 0. The molecular weight excluding hydrogens is 139 g/mol. The van der Waals surface area contributed by atoms with E-state index in [0.29, 0.717) is 6.61 Å². The summed E-state index contributed by atoms with van der Waals surface area (Å²) in [5.74, 6) is -0.175. The molecule has 0 aliphatic carbocycles. The molecule has 0 rings (SSSR count). The van der Waals surface area contributed by atoms with Crippen LogP contribution in [0.5, 0.6) is 0 Å². The molecule has 0 aromatic carbocycles. The summed E-state index contributed by atoms with van der Waals surface area (Å²) in [6.07, 6.45) is 3.31. The number of hydrogen-bond donors (Lipinski definition) is 0. The Bertz CT molecular complexity index is 83.7. The van der Waals surface area contributed by atoms with Gasteiger partial charge in [-0.3, -0.25) is 4.79 Å². The van der Waals surface area contributed by atoms with E-state index in [1.807, 2.05) is 0 Å². The second kappa shape index (κ2) is 9.47. The molecule has 0 amide bonds. The van der Waals surface area contributed by atoms with Crippen molar-refractivity contribution in [3.63, 3.8) is 0 Å². The summed E-state index contributed by atoms with van der Waals surface area (Å²) < 4.78 is 4.70. The fourth-order valence-corrected chi connectivity index (χ4v) is 0.568. The van der Waals surface area contributed by atoms with E-state index in [1.54, 1.807) is 0 Å². The van der Waals surface area contributed by atoms with Gasteiger partial charge in [0, 0.05) is 6.92 Å². The average molecular weight is 154 g/mol. The quantitative estimate of drug-likeness (QED) is 0.344. The Balaban J connectivity index is 0. The number of ether oxygens (including phenoxy) is 1. The molecule has 3 heteroatoms. The molecule has 0 spiro atoms. The van der Waals surface area contributed by atoms with Crippen molar-refractivity contribution in [2.24, 2.45) is 0 Å². The molecule has 0 heterocycles. The van der Waals surface area contributed by atoms with Crippen LogP contribution in [0.2, 0.25) is 0 Å². The third kappa shape index (κ3) is 11.3. The van der Waals surface area contributed by atoms with E-state index in [2.05, 4.69) is 6.92 Å². The van der Waals surface area contributed by atoms with Gasteiger partial charge in [0.05, 0.1) is 6.61 Å². The molecule has 0 fully saturated rings. The zero-order valence-electron chi connectivity index (χ0n) is 6.14. The van der Waals surface area contributed by atoms with Crippen LogP contribution in [0.1, 0.15) is 33.1 Å². The van der Waals surface area contributed by atoms with Crippen LogP contribution in [0.4, 0.5) is 0 Å². The first kappa shape index (κ1) is 13.1. The molecule has 10 heavy (non-hydrogen) atoms. The Morgan fingerprint density at radius 2 is 2.00 bits per heavy atom. The number of esters is 1. The van der Waals surface area contributed by atoms with Crippen LogP contribution in [-0.2, 0) is 9.53 Å². The van der Waals surface area contributed by atoms with Gasteiger partial charge in [-0.15, -0.1) is 0 Å². The van der Waals surface area contributed by atoms with E-state index in [1.165, 1.54) is 13.3 Å². The summed E-state index contributed by atoms with van der Waals surface area (Å²) in [4.78, 5) is 10.2. The summed E-state index contributed by atoms with van der Waals surface area (Å²) in [6, 6.07) is 0. The van der Waals surface area contributed by atoms with Gasteiger partial charge in [0.1, 0.15) is 0 Å². The van der Waals surface area contributed by atoms with Crippen molar-refractivity contribution < 1.29 is 9.53 Å². The molecule has 0 aliphatic rings. The summed E-state index contributed by atoms with van der Waals surface area (Å²) in [5, 5.41) is 0. The molecule has 0 saturated heterocycles. The van der Waals surface area contributed by atoms with Crippen LogP contribution in [0, 0.1) is 0 Å². The maximum absolute atomic E-state index is 10.2.